The number of aliphatic hydroxyl groups is 1. The highest BCUT2D eigenvalue weighted by Crippen LogP contribution is 2.41. The SMILES string of the molecule is Cc1ccc(C)c(/C(O)=C2\C(=O)C(=O)N(Cc3ccco3)C2c2ccc([N+](=O)[O-])cc2)c1. The van der Waals surface area contributed by atoms with Crippen molar-refractivity contribution in [2.45, 2.75) is 26.4 Å². The number of hydrogen-bond donors (Lipinski definition) is 1. The van der Waals surface area contributed by atoms with Crippen LogP contribution in [0.25, 0.3) is 5.76 Å². The number of furan rings is 1. The maximum atomic E-state index is 13.1. The number of Topliss-reactive ketones (excluding diaryl/α,β-unsaturated/α-hetero) is 1. The molecule has 0 spiro atoms. The molecule has 0 saturated carbocycles. The Bertz CT molecular complexity index is 1240. The first-order chi connectivity index (χ1) is 15.3. The number of hydrogen-bond acceptors (Lipinski definition) is 6. The molecule has 1 atom stereocenters. The van der Waals surface area contributed by atoms with Gasteiger partial charge in [-0.3, -0.25) is 19.7 Å². The number of carbonyl (C=O) groups excluding carboxylic acids is 2. The molecular weight excluding hydrogens is 412 g/mol. The molecule has 0 bridgehead atoms. The summed E-state index contributed by atoms with van der Waals surface area (Å²) in [6.07, 6.45) is 1.46. The van der Waals surface area contributed by atoms with Crippen LogP contribution in [0.15, 0.2) is 70.9 Å². The molecule has 1 unspecified atom stereocenters. The molecular formula is C24H20N2O6. The molecule has 2 aromatic carbocycles. The summed E-state index contributed by atoms with van der Waals surface area (Å²) in [7, 11) is 0. The molecule has 32 heavy (non-hydrogen) atoms. The first-order valence-electron chi connectivity index (χ1n) is 9.90. The number of carbonyl (C=O) groups is 2. The summed E-state index contributed by atoms with van der Waals surface area (Å²) in [6.45, 7) is 3.66. The van der Waals surface area contributed by atoms with Gasteiger partial charge in [0.1, 0.15) is 11.5 Å². The van der Waals surface area contributed by atoms with Gasteiger partial charge in [0.25, 0.3) is 17.4 Å². The van der Waals surface area contributed by atoms with Gasteiger partial charge in [0.15, 0.2) is 0 Å². The number of ketones is 1. The van der Waals surface area contributed by atoms with Crippen LogP contribution in [-0.2, 0) is 16.1 Å². The van der Waals surface area contributed by atoms with Crippen molar-refractivity contribution in [2.75, 3.05) is 0 Å². The minimum Gasteiger partial charge on any atom is -0.507 e. The highest BCUT2D eigenvalue weighted by Gasteiger charge is 2.46. The summed E-state index contributed by atoms with van der Waals surface area (Å²) in [4.78, 5) is 37.9. The number of benzene rings is 2. The Kier molecular flexibility index (Phi) is 5.36. The molecule has 2 heterocycles. The van der Waals surface area contributed by atoms with E-state index in [2.05, 4.69) is 0 Å². The Morgan fingerprint density at radius 2 is 1.84 bits per heavy atom. The number of aliphatic hydroxyl groups excluding tert-OH is 1. The van der Waals surface area contributed by atoms with Crippen LogP contribution < -0.4 is 0 Å². The van der Waals surface area contributed by atoms with Gasteiger partial charge in [-0.1, -0.05) is 17.7 Å². The second kappa shape index (κ2) is 8.14. The average molecular weight is 432 g/mol. The van der Waals surface area contributed by atoms with Crippen molar-refractivity contribution >= 4 is 23.1 Å². The third-order valence-electron chi connectivity index (χ3n) is 5.51. The van der Waals surface area contributed by atoms with Crippen LogP contribution >= 0.6 is 0 Å². The fraction of sp³-hybridized carbons (Fsp3) is 0.167. The van der Waals surface area contributed by atoms with Gasteiger partial charge >= 0.3 is 0 Å². The van der Waals surface area contributed by atoms with Crippen LogP contribution in [-0.4, -0.2) is 26.6 Å². The molecule has 1 saturated heterocycles. The number of nitro benzene ring substituents is 1. The number of amides is 1. The molecule has 0 aliphatic carbocycles. The van der Waals surface area contributed by atoms with Crippen LogP contribution in [0.4, 0.5) is 5.69 Å². The second-order valence-corrected chi connectivity index (χ2v) is 7.67. The molecule has 0 radical (unpaired) electrons. The van der Waals surface area contributed by atoms with E-state index in [-0.39, 0.29) is 23.6 Å². The number of likely N-dealkylation sites (tertiary alicyclic amines) is 1. The highest BCUT2D eigenvalue weighted by atomic mass is 16.6. The monoisotopic (exact) mass is 432 g/mol. The molecule has 8 nitrogen and oxygen atoms in total. The van der Waals surface area contributed by atoms with Gasteiger partial charge in [-0.05, 0) is 55.3 Å². The third kappa shape index (κ3) is 3.66. The van der Waals surface area contributed by atoms with E-state index in [0.29, 0.717) is 16.9 Å². The van der Waals surface area contributed by atoms with Gasteiger partial charge in [0.2, 0.25) is 0 Å². The standard InChI is InChI=1S/C24H20N2O6/c1-14-5-6-15(2)19(12-14)22(27)20-21(16-7-9-17(10-8-16)26(30)31)25(24(29)23(20)28)13-18-4-3-11-32-18/h3-12,21,27H,13H2,1-2H3/b22-20+. The third-order valence-corrected chi connectivity index (χ3v) is 5.51. The fourth-order valence-corrected chi connectivity index (χ4v) is 3.87. The Balaban J connectivity index is 1.89. The number of nitrogens with zero attached hydrogens (tertiary/aromatic N) is 2. The summed E-state index contributed by atoms with van der Waals surface area (Å²) in [5.41, 5.74) is 2.36. The number of aryl methyl sites for hydroxylation is 2. The Labute approximate surface area is 183 Å². The summed E-state index contributed by atoms with van der Waals surface area (Å²) in [5.74, 6) is -1.42. The number of nitro groups is 1. The quantitative estimate of drug-likeness (QED) is 0.210. The van der Waals surface area contributed by atoms with Gasteiger partial charge < -0.3 is 14.4 Å². The van der Waals surface area contributed by atoms with Crippen molar-refractivity contribution in [2.24, 2.45) is 0 Å². The predicted molar refractivity (Wildman–Crippen MR) is 116 cm³/mol. The zero-order valence-electron chi connectivity index (χ0n) is 17.4. The molecule has 1 aromatic heterocycles. The molecule has 1 aliphatic heterocycles. The van der Waals surface area contributed by atoms with Crippen LogP contribution in [0.1, 0.15) is 34.1 Å². The lowest BCUT2D eigenvalue weighted by Gasteiger charge is -2.24. The topological polar surface area (TPSA) is 114 Å². The minimum absolute atomic E-state index is 0.00278. The molecule has 8 heteroatoms. The normalized spacial score (nSPS) is 17.7. The van der Waals surface area contributed by atoms with Crippen molar-refractivity contribution < 1.29 is 24.0 Å². The van der Waals surface area contributed by atoms with E-state index in [9.17, 15) is 24.8 Å². The molecule has 1 N–H and O–H groups in total. The summed E-state index contributed by atoms with van der Waals surface area (Å²) in [6, 6.07) is 13.5. The molecule has 4 rings (SSSR count). The van der Waals surface area contributed by atoms with Crippen molar-refractivity contribution in [3.05, 3.63) is 105 Å². The average Bonchev–Trinajstić information content (AvgIpc) is 3.37. The van der Waals surface area contributed by atoms with E-state index in [1.807, 2.05) is 19.1 Å². The molecule has 3 aromatic rings. The zero-order valence-corrected chi connectivity index (χ0v) is 17.4. The summed E-state index contributed by atoms with van der Waals surface area (Å²) < 4.78 is 5.36. The zero-order chi connectivity index (χ0) is 23.0. The molecule has 1 fully saturated rings. The van der Waals surface area contributed by atoms with Crippen LogP contribution in [0.5, 0.6) is 0 Å². The van der Waals surface area contributed by atoms with Gasteiger partial charge in [-0.2, -0.15) is 0 Å². The maximum absolute atomic E-state index is 13.1. The molecule has 1 aliphatic rings. The van der Waals surface area contributed by atoms with Crippen LogP contribution in [0, 0.1) is 24.0 Å². The van der Waals surface area contributed by atoms with Gasteiger partial charge in [0, 0.05) is 17.7 Å². The fourth-order valence-electron chi connectivity index (χ4n) is 3.87. The predicted octanol–water partition coefficient (Wildman–Crippen LogP) is 4.43. The second-order valence-electron chi connectivity index (χ2n) is 7.67. The van der Waals surface area contributed by atoms with Gasteiger partial charge in [-0.25, -0.2) is 0 Å². The van der Waals surface area contributed by atoms with Crippen LogP contribution in [0.2, 0.25) is 0 Å². The van der Waals surface area contributed by atoms with E-state index in [1.54, 1.807) is 25.1 Å². The van der Waals surface area contributed by atoms with Crippen molar-refractivity contribution in [1.29, 1.82) is 0 Å². The van der Waals surface area contributed by atoms with E-state index in [1.165, 1.54) is 35.4 Å². The Hall–Kier alpha value is -4.20. The lowest BCUT2D eigenvalue weighted by molar-refractivity contribution is -0.384. The van der Waals surface area contributed by atoms with E-state index in [0.717, 1.165) is 11.1 Å². The van der Waals surface area contributed by atoms with E-state index < -0.39 is 22.7 Å². The van der Waals surface area contributed by atoms with Gasteiger partial charge in [-0.15, -0.1) is 0 Å². The summed E-state index contributed by atoms with van der Waals surface area (Å²) >= 11 is 0. The first kappa shape index (κ1) is 21.0. The number of rotatable bonds is 5. The lowest BCUT2D eigenvalue weighted by Crippen LogP contribution is -2.29. The Morgan fingerprint density at radius 1 is 1.12 bits per heavy atom. The smallest absolute Gasteiger partial charge is 0.296 e. The van der Waals surface area contributed by atoms with E-state index >= 15 is 0 Å². The minimum atomic E-state index is -0.930. The van der Waals surface area contributed by atoms with Gasteiger partial charge in [0.05, 0.1) is 29.3 Å². The lowest BCUT2D eigenvalue weighted by atomic mass is 9.93. The summed E-state index contributed by atoms with van der Waals surface area (Å²) in [5, 5.41) is 22.2. The van der Waals surface area contributed by atoms with E-state index in [4.69, 9.17) is 4.42 Å². The highest BCUT2D eigenvalue weighted by molar-refractivity contribution is 6.46. The van der Waals surface area contributed by atoms with Crippen molar-refractivity contribution in [3.8, 4) is 0 Å². The molecule has 162 valence electrons. The molecule has 1 amide bonds. The first-order valence-corrected chi connectivity index (χ1v) is 9.90. The van der Waals surface area contributed by atoms with Crippen molar-refractivity contribution in [1.82, 2.24) is 4.90 Å². The number of non-ortho nitro benzene ring substituents is 1. The Morgan fingerprint density at radius 3 is 2.47 bits per heavy atom. The maximum Gasteiger partial charge on any atom is 0.296 e. The largest absolute Gasteiger partial charge is 0.507 e. The van der Waals surface area contributed by atoms with Crippen LogP contribution in [0.3, 0.4) is 0 Å². The van der Waals surface area contributed by atoms with Crippen molar-refractivity contribution in [3.63, 3.8) is 0 Å².